The molecule has 0 amide bonds. The molecule has 1 saturated heterocycles. The first-order valence-electron chi connectivity index (χ1n) is 9.54. The second kappa shape index (κ2) is 7.18. The number of nitrogens with zero attached hydrogens (tertiary/aromatic N) is 3. The molecule has 1 aliphatic heterocycles. The molecule has 4 aromatic rings. The molecule has 5 nitrogen and oxygen atoms in total. The van der Waals surface area contributed by atoms with Crippen molar-refractivity contribution in [3.8, 4) is 0 Å². The van der Waals surface area contributed by atoms with Gasteiger partial charge in [-0.15, -0.1) is 0 Å². The summed E-state index contributed by atoms with van der Waals surface area (Å²) in [6.07, 6.45) is 4.07. The Balaban J connectivity index is 1.43. The monoisotopic (exact) mass is 437 g/mol. The number of halogens is 1. The van der Waals surface area contributed by atoms with Crippen molar-refractivity contribution >= 4 is 37.9 Å². The zero-order valence-corrected chi connectivity index (χ0v) is 16.9. The van der Waals surface area contributed by atoms with Gasteiger partial charge in [-0.2, -0.15) is 0 Å². The Bertz CT molecular complexity index is 1180. The summed E-state index contributed by atoms with van der Waals surface area (Å²) >= 11 is 3.61. The largest absolute Gasteiger partial charge is 0.440 e. The number of oxazole rings is 1. The molecule has 28 heavy (non-hydrogen) atoms. The summed E-state index contributed by atoms with van der Waals surface area (Å²) in [6, 6.07) is 15.3. The molecular weight excluding hydrogens is 418 g/mol. The van der Waals surface area contributed by atoms with Crippen LogP contribution in [0.4, 0.5) is 0 Å². The van der Waals surface area contributed by atoms with Crippen molar-refractivity contribution in [2.24, 2.45) is 0 Å². The standard InChI is InChI=1S/C22H20BrN3O2/c23-17-7-3-6-16-19(27)10-12-26(21(16)17)14-25-11-4-5-15(13-25)22-24-18-8-1-2-9-20(18)28-22/h1-3,6-10,12,15H,4-5,11,13-14H2. The molecule has 0 aliphatic carbocycles. The smallest absolute Gasteiger partial charge is 0.199 e. The van der Waals surface area contributed by atoms with Crippen LogP contribution in [0.2, 0.25) is 0 Å². The van der Waals surface area contributed by atoms with Crippen LogP contribution >= 0.6 is 15.9 Å². The maximum atomic E-state index is 12.2. The number of hydrogen-bond acceptors (Lipinski definition) is 4. The fraction of sp³-hybridized carbons (Fsp3) is 0.273. The molecule has 2 aromatic carbocycles. The first-order chi connectivity index (χ1) is 13.7. The van der Waals surface area contributed by atoms with E-state index < -0.39 is 0 Å². The molecule has 1 unspecified atom stereocenters. The number of benzene rings is 2. The third kappa shape index (κ3) is 3.16. The fourth-order valence-electron chi connectivity index (χ4n) is 4.11. The zero-order valence-electron chi connectivity index (χ0n) is 15.3. The van der Waals surface area contributed by atoms with Crippen molar-refractivity contribution in [2.75, 3.05) is 13.1 Å². The number of aromatic nitrogens is 2. The molecule has 1 fully saturated rings. The normalized spacial score (nSPS) is 18.1. The third-order valence-corrected chi connectivity index (χ3v) is 6.10. The van der Waals surface area contributed by atoms with E-state index in [1.807, 2.05) is 48.7 Å². The van der Waals surface area contributed by atoms with Gasteiger partial charge in [-0.25, -0.2) is 4.98 Å². The van der Waals surface area contributed by atoms with Gasteiger partial charge >= 0.3 is 0 Å². The summed E-state index contributed by atoms with van der Waals surface area (Å²) in [4.78, 5) is 19.3. The van der Waals surface area contributed by atoms with Gasteiger partial charge in [0, 0.05) is 34.6 Å². The SMILES string of the molecule is O=c1ccn(CN2CCCC(c3nc4ccccc4o3)C2)c2c(Br)cccc12. The lowest BCUT2D eigenvalue weighted by atomic mass is 9.98. The van der Waals surface area contributed by atoms with Crippen LogP contribution in [0.15, 0.2) is 68.4 Å². The second-order valence-corrected chi connectivity index (χ2v) is 8.22. The van der Waals surface area contributed by atoms with Crippen LogP contribution in [0.3, 0.4) is 0 Å². The Morgan fingerprint density at radius 1 is 1.14 bits per heavy atom. The van der Waals surface area contributed by atoms with E-state index in [1.54, 1.807) is 6.07 Å². The van der Waals surface area contributed by atoms with Gasteiger partial charge in [0.25, 0.3) is 0 Å². The molecule has 1 atom stereocenters. The quantitative estimate of drug-likeness (QED) is 0.464. The van der Waals surface area contributed by atoms with Crippen molar-refractivity contribution in [1.29, 1.82) is 0 Å². The molecule has 6 heteroatoms. The minimum Gasteiger partial charge on any atom is -0.440 e. The minimum absolute atomic E-state index is 0.0514. The highest BCUT2D eigenvalue weighted by atomic mass is 79.9. The molecular formula is C22H20BrN3O2. The fourth-order valence-corrected chi connectivity index (χ4v) is 4.71. The minimum atomic E-state index is 0.0514. The number of para-hydroxylation sites is 3. The van der Waals surface area contributed by atoms with Crippen LogP contribution in [-0.2, 0) is 6.67 Å². The number of fused-ring (bicyclic) bond motifs is 2. The molecule has 0 radical (unpaired) electrons. The maximum Gasteiger partial charge on any atom is 0.199 e. The van der Waals surface area contributed by atoms with Crippen molar-refractivity contribution in [1.82, 2.24) is 14.5 Å². The molecule has 1 aliphatic rings. The zero-order chi connectivity index (χ0) is 19.1. The average Bonchev–Trinajstić information content (AvgIpc) is 3.15. The number of likely N-dealkylation sites (tertiary alicyclic amines) is 1. The Kier molecular flexibility index (Phi) is 4.53. The van der Waals surface area contributed by atoms with Crippen LogP contribution in [0.5, 0.6) is 0 Å². The highest BCUT2D eigenvalue weighted by molar-refractivity contribution is 9.10. The van der Waals surface area contributed by atoms with E-state index in [4.69, 9.17) is 9.40 Å². The van der Waals surface area contributed by atoms with Gasteiger partial charge in [0.05, 0.1) is 12.2 Å². The van der Waals surface area contributed by atoms with Crippen LogP contribution in [0.1, 0.15) is 24.7 Å². The van der Waals surface area contributed by atoms with Crippen molar-refractivity contribution in [3.05, 3.63) is 75.3 Å². The van der Waals surface area contributed by atoms with E-state index in [9.17, 15) is 4.79 Å². The Hall–Kier alpha value is -2.44. The lowest BCUT2D eigenvalue weighted by Gasteiger charge is -2.32. The summed E-state index contributed by atoms with van der Waals surface area (Å²) in [7, 11) is 0. The van der Waals surface area contributed by atoms with E-state index in [1.165, 1.54) is 0 Å². The number of pyridine rings is 1. The molecule has 2 aromatic heterocycles. The number of piperidine rings is 1. The Morgan fingerprint density at radius 2 is 2.04 bits per heavy atom. The van der Waals surface area contributed by atoms with Crippen molar-refractivity contribution in [2.45, 2.75) is 25.4 Å². The predicted molar refractivity (Wildman–Crippen MR) is 113 cm³/mol. The molecule has 142 valence electrons. The van der Waals surface area contributed by atoms with E-state index in [0.29, 0.717) is 0 Å². The topological polar surface area (TPSA) is 51.3 Å². The van der Waals surface area contributed by atoms with Gasteiger partial charge in [-0.05, 0) is 59.6 Å². The van der Waals surface area contributed by atoms with Gasteiger partial charge in [0.2, 0.25) is 0 Å². The van der Waals surface area contributed by atoms with Gasteiger partial charge < -0.3 is 8.98 Å². The summed E-state index contributed by atoms with van der Waals surface area (Å²) in [6.45, 7) is 2.65. The summed E-state index contributed by atoms with van der Waals surface area (Å²) in [5.74, 6) is 1.12. The second-order valence-electron chi connectivity index (χ2n) is 7.36. The number of rotatable bonds is 3. The van der Waals surface area contributed by atoms with Gasteiger partial charge in [-0.1, -0.05) is 18.2 Å². The molecule has 5 rings (SSSR count). The summed E-state index contributed by atoms with van der Waals surface area (Å²) in [5, 5.41) is 0.740. The van der Waals surface area contributed by atoms with Gasteiger partial charge in [0.1, 0.15) is 5.52 Å². The molecule has 0 spiro atoms. The van der Waals surface area contributed by atoms with E-state index in [0.717, 1.165) is 65.0 Å². The van der Waals surface area contributed by atoms with Crippen molar-refractivity contribution < 1.29 is 4.42 Å². The van der Waals surface area contributed by atoms with Crippen LogP contribution in [-0.4, -0.2) is 27.5 Å². The maximum absolute atomic E-state index is 12.2. The average molecular weight is 438 g/mol. The highest BCUT2D eigenvalue weighted by Crippen LogP contribution is 2.30. The summed E-state index contributed by atoms with van der Waals surface area (Å²) < 4.78 is 9.11. The predicted octanol–water partition coefficient (Wildman–Crippen LogP) is 4.74. The Labute approximate surface area is 170 Å². The molecule has 3 heterocycles. The van der Waals surface area contributed by atoms with E-state index in [-0.39, 0.29) is 11.3 Å². The third-order valence-electron chi connectivity index (χ3n) is 5.46. The van der Waals surface area contributed by atoms with E-state index in [2.05, 4.69) is 25.4 Å². The van der Waals surface area contributed by atoms with Crippen molar-refractivity contribution in [3.63, 3.8) is 0 Å². The molecule has 0 bridgehead atoms. The summed E-state index contributed by atoms with van der Waals surface area (Å²) in [5.41, 5.74) is 2.77. The lowest BCUT2D eigenvalue weighted by molar-refractivity contribution is 0.158. The lowest BCUT2D eigenvalue weighted by Crippen LogP contribution is -2.36. The van der Waals surface area contributed by atoms with Crippen LogP contribution < -0.4 is 5.43 Å². The number of hydrogen-bond donors (Lipinski definition) is 0. The van der Waals surface area contributed by atoms with Crippen LogP contribution in [0.25, 0.3) is 22.0 Å². The first kappa shape index (κ1) is 17.6. The first-order valence-corrected chi connectivity index (χ1v) is 10.3. The molecule has 0 N–H and O–H groups in total. The molecule has 0 saturated carbocycles. The Morgan fingerprint density at radius 3 is 2.93 bits per heavy atom. The van der Waals surface area contributed by atoms with Gasteiger partial charge in [-0.3, -0.25) is 9.69 Å². The van der Waals surface area contributed by atoms with E-state index >= 15 is 0 Å². The van der Waals surface area contributed by atoms with Crippen LogP contribution in [0, 0.1) is 0 Å². The highest BCUT2D eigenvalue weighted by Gasteiger charge is 2.25. The van der Waals surface area contributed by atoms with Gasteiger partial charge in [0.15, 0.2) is 16.9 Å².